The zero-order valence-corrected chi connectivity index (χ0v) is 15.9. The molecule has 2 saturated carbocycles. The minimum atomic E-state index is -0.378. The number of hydrogen-bond acceptors (Lipinski definition) is 3. The summed E-state index contributed by atoms with van der Waals surface area (Å²) in [5.41, 5.74) is 2.64. The molecule has 4 nitrogen and oxygen atoms in total. The van der Waals surface area contributed by atoms with Crippen LogP contribution in [0.4, 0.5) is 0 Å². The van der Waals surface area contributed by atoms with Gasteiger partial charge in [-0.1, -0.05) is 13.0 Å². The maximum atomic E-state index is 12.1. The van der Waals surface area contributed by atoms with Gasteiger partial charge in [0.1, 0.15) is 5.75 Å². The van der Waals surface area contributed by atoms with E-state index in [1.54, 1.807) is 0 Å². The van der Waals surface area contributed by atoms with Crippen LogP contribution in [-0.4, -0.2) is 28.8 Å². The molecule has 0 heterocycles. The first kappa shape index (κ1) is 17.8. The van der Waals surface area contributed by atoms with Crippen LogP contribution < -0.4 is 5.32 Å². The van der Waals surface area contributed by atoms with E-state index in [-0.39, 0.29) is 23.3 Å². The molecule has 4 heteroatoms. The minimum Gasteiger partial charge on any atom is -0.508 e. The predicted octanol–water partition coefficient (Wildman–Crippen LogP) is 3.36. The van der Waals surface area contributed by atoms with Crippen LogP contribution in [0.25, 0.3) is 0 Å². The summed E-state index contributed by atoms with van der Waals surface area (Å²) < 4.78 is 0. The third-order valence-corrected chi connectivity index (χ3v) is 7.65. The summed E-state index contributed by atoms with van der Waals surface area (Å²) >= 11 is 0. The second kappa shape index (κ2) is 6.56. The summed E-state index contributed by atoms with van der Waals surface area (Å²) in [5, 5.41) is 23.8. The first-order chi connectivity index (χ1) is 12.4. The number of aromatic hydroxyl groups is 1. The fourth-order valence-corrected chi connectivity index (χ4v) is 6.42. The summed E-state index contributed by atoms with van der Waals surface area (Å²) in [6, 6.07) is 5.86. The van der Waals surface area contributed by atoms with E-state index in [0.29, 0.717) is 36.5 Å². The van der Waals surface area contributed by atoms with Crippen molar-refractivity contribution in [1.82, 2.24) is 5.32 Å². The number of phenolic OH excluding ortho intramolecular Hbond substituents is 1. The number of carbonyl (C=O) groups is 1. The Morgan fingerprint density at radius 2 is 2.15 bits per heavy atom. The monoisotopic (exact) mass is 357 g/mol. The van der Waals surface area contributed by atoms with Gasteiger partial charge in [-0.25, -0.2) is 0 Å². The van der Waals surface area contributed by atoms with Crippen molar-refractivity contribution >= 4 is 5.91 Å². The molecule has 0 radical (unpaired) electrons. The van der Waals surface area contributed by atoms with Crippen molar-refractivity contribution in [2.75, 3.05) is 6.54 Å². The predicted molar refractivity (Wildman–Crippen MR) is 101 cm³/mol. The third kappa shape index (κ3) is 2.74. The summed E-state index contributed by atoms with van der Waals surface area (Å²) in [5.74, 6) is 2.11. The number of fused-ring (bicyclic) bond motifs is 5. The standard InChI is InChI=1S/C22H31NO3/c1-3-23-20(25)12-14-11-19-18-6-4-13-10-15(24)5-7-16(13)17(18)8-9-22(19,2)21(14)26/h5,7,10,14,17-19,21,24,26H,3-4,6,8-9,11-12H2,1-2H3,(H,23,25)/t14?,17-,18-,19+,21+,22+/m1/s1. The molecule has 3 N–H and O–H groups in total. The molecule has 6 atom stereocenters. The molecule has 0 spiro atoms. The molecule has 1 aromatic rings. The largest absolute Gasteiger partial charge is 0.508 e. The average molecular weight is 357 g/mol. The highest BCUT2D eigenvalue weighted by Crippen LogP contribution is 2.62. The molecule has 1 aromatic carbocycles. The number of benzene rings is 1. The van der Waals surface area contributed by atoms with Crippen LogP contribution >= 0.6 is 0 Å². The molecule has 3 aliphatic carbocycles. The Labute approximate surface area is 156 Å². The van der Waals surface area contributed by atoms with Crippen molar-refractivity contribution in [2.24, 2.45) is 23.2 Å². The van der Waals surface area contributed by atoms with Crippen molar-refractivity contribution in [2.45, 2.75) is 64.4 Å². The number of aliphatic hydroxyl groups is 1. The van der Waals surface area contributed by atoms with Gasteiger partial charge >= 0.3 is 0 Å². The molecule has 2 fully saturated rings. The lowest BCUT2D eigenvalue weighted by atomic mass is 9.55. The molecule has 3 aliphatic rings. The van der Waals surface area contributed by atoms with E-state index < -0.39 is 0 Å². The molecule has 0 aromatic heterocycles. The highest BCUT2D eigenvalue weighted by atomic mass is 16.3. The van der Waals surface area contributed by atoms with E-state index in [2.05, 4.69) is 18.3 Å². The summed E-state index contributed by atoms with van der Waals surface area (Å²) in [7, 11) is 0. The van der Waals surface area contributed by atoms with Gasteiger partial charge in [0.15, 0.2) is 0 Å². The Bertz CT molecular complexity index is 703. The molecule has 0 bridgehead atoms. The van der Waals surface area contributed by atoms with Gasteiger partial charge in [0.2, 0.25) is 5.91 Å². The van der Waals surface area contributed by atoms with Crippen molar-refractivity contribution in [3.8, 4) is 5.75 Å². The minimum absolute atomic E-state index is 0.0627. The van der Waals surface area contributed by atoms with E-state index in [9.17, 15) is 15.0 Å². The number of aryl methyl sites for hydroxylation is 1. The summed E-state index contributed by atoms with van der Waals surface area (Å²) in [4.78, 5) is 12.1. The lowest BCUT2D eigenvalue weighted by Crippen LogP contribution is -2.44. The summed E-state index contributed by atoms with van der Waals surface area (Å²) in [6.07, 6.45) is 5.28. The lowest BCUT2D eigenvalue weighted by Gasteiger charge is -2.50. The highest BCUT2D eigenvalue weighted by Gasteiger charge is 2.57. The molecule has 1 unspecified atom stereocenters. The zero-order valence-electron chi connectivity index (χ0n) is 15.9. The van der Waals surface area contributed by atoms with Crippen LogP contribution in [-0.2, 0) is 11.2 Å². The molecular weight excluding hydrogens is 326 g/mol. The maximum Gasteiger partial charge on any atom is 0.220 e. The van der Waals surface area contributed by atoms with Crippen LogP contribution in [0.2, 0.25) is 0 Å². The first-order valence-corrected chi connectivity index (χ1v) is 10.2. The Hall–Kier alpha value is -1.55. The van der Waals surface area contributed by atoms with E-state index in [1.807, 2.05) is 19.1 Å². The van der Waals surface area contributed by atoms with Crippen molar-refractivity contribution in [3.63, 3.8) is 0 Å². The van der Waals surface area contributed by atoms with Gasteiger partial charge < -0.3 is 15.5 Å². The molecule has 4 rings (SSSR count). The molecule has 142 valence electrons. The van der Waals surface area contributed by atoms with Gasteiger partial charge in [-0.3, -0.25) is 4.79 Å². The second-order valence-corrected chi connectivity index (χ2v) is 8.94. The third-order valence-electron chi connectivity index (χ3n) is 7.65. The van der Waals surface area contributed by atoms with E-state index >= 15 is 0 Å². The van der Waals surface area contributed by atoms with Crippen LogP contribution in [0.3, 0.4) is 0 Å². The van der Waals surface area contributed by atoms with Crippen molar-refractivity contribution < 1.29 is 15.0 Å². The maximum absolute atomic E-state index is 12.1. The van der Waals surface area contributed by atoms with Crippen LogP contribution in [0.1, 0.15) is 63.0 Å². The molecule has 1 amide bonds. The smallest absolute Gasteiger partial charge is 0.220 e. The Kier molecular flexibility index (Phi) is 4.50. The summed E-state index contributed by atoms with van der Waals surface area (Å²) in [6.45, 7) is 4.84. The zero-order chi connectivity index (χ0) is 18.5. The van der Waals surface area contributed by atoms with Crippen LogP contribution in [0.5, 0.6) is 5.75 Å². The number of nitrogens with one attached hydrogen (secondary N) is 1. The van der Waals surface area contributed by atoms with E-state index in [0.717, 1.165) is 32.1 Å². The number of aliphatic hydroxyl groups excluding tert-OH is 1. The average Bonchev–Trinajstić information content (AvgIpc) is 2.86. The molecule has 26 heavy (non-hydrogen) atoms. The number of hydrogen-bond donors (Lipinski definition) is 3. The molecular formula is C22H31NO3. The van der Waals surface area contributed by atoms with Crippen molar-refractivity contribution in [1.29, 1.82) is 0 Å². The number of carbonyl (C=O) groups excluding carboxylic acids is 1. The normalized spacial score (nSPS) is 38.2. The van der Waals surface area contributed by atoms with Crippen molar-refractivity contribution in [3.05, 3.63) is 29.3 Å². The van der Waals surface area contributed by atoms with Gasteiger partial charge in [0.05, 0.1) is 6.10 Å². The van der Waals surface area contributed by atoms with Crippen LogP contribution in [0.15, 0.2) is 18.2 Å². The highest BCUT2D eigenvalue weighted by molar-refractivity contribution is 5.76. The lowest BCUT2D eigenvalue weighted by molar-refractivity contribution is -0.123. The van der Waals surface area contributed by atoms with Gasteiger partial charge in [0.25, 0.3) is 0 Å². The van der Waals surface area contributed by atoms with Gasteiger partial charge in [-0.15, -0.1) is 0 Å². The Balaban J connectivity index is 1.58. The van der Waals surface area contributed by atoms with Gasteiger partial charge in [-0.05, 0) is 91.4 Å². The number of amides is 1. The van der Waals surface area contributed by atoms with Gasteiger partial charge in [0, 0.05) is 13.0 Å². The fraction of sp³-hybridized carbons (Fsp3) is 0.682. The molecule has 0 saturated heterocycles. The van der Waals surface area contributed by atoms with E-state index in [4.69, 9.17) is 0 Å². The number of rotatable bonds is 3. The first-order valence-electron chi connectivity index (χ1n) is 10.2. The van der Waals surface area contributed by atoms with E-state index in [1.165, 1.54) is 11.1 Å². The quantitative estimate of drug-likeness (QED) is 0.777. The topological polar surface area (TPSA) is 69.6 Å². The Morgan fingerprint density at radius 3 is 2.92 bits per heavy atom. The second-order valence-electron chi connectivity index (χ2n) is 8.94. The van der Waals surface area contributed by atoms with Gasteiger partial charge in [-0.2, -0.15) is 0 Å². The fourth-order valence-electron chi connectivity index (χ4n) is 6.42. The molecule has 0 aliphatic heterocycles. The Morgan fingerprint density at radius 1 is 1.35 bits per heavy atom. The van der Waals surface area contributed by atoms with Crippen LogP contribution in [0, 0.1) is 23.2 Å². The number of phenols is 1. The SMILES string of the molecule is CCNC(=O)CC1C[C@H]2[C@@H]3CCc4cc(O)ccc4[C@H]3CC[C@]2(C)[C@H]1O.